The van der Waals surface area contributed by atoms with E-state index in [1.807, 2.05) is 43.3 Å². The number of benzene rings is 2. The van der Waals surface area contributed by atoms with Gasteiger partial charge in [0.2, 0.25) is 5.91 Å². The highest BCUT2D eigenvalue weighted by Gasteiger charge is 2.22. The fraction of sp³-hybridized carbons (Fsp3) is 0.316. The fourth-order valence-electron chi connectivity index (χ4n) is 2.40. The zero-order chi connectivity index (χ0) is 16.9. The van der Waals surface area contributed by atoms with Crippen LogP contribution in [0.5, 0.6) is 11.5 Å². The molecular weight excluding hydrogens is 322 g/mol. The molecule has 3 rings (SSSR count). The number of thioether (sulfide) groups is 1. The average Bonchev–Trinajstić information content (AvgIpc) is 2.61. The van der Waals surface area contributed by atoms with Crippen LogP contribution in [0.1, 0.15) is 12.5 Å². The molecule has 0 radical (unpaired) electrons. The van der Waals surface area contributed by atoms with Gasteiger partial charge in [-0.05, 0) is 38.1 Å². The highest BCUT2D eigenvalue weighted by atomic mass is 32.2. The van der Waals surface area contributed by atoms with Crippen molar-refractivity contribution in [2.75, 3.05) is 13.2 Å². The predicted octanol–water partition coefficient (Wildman–Crippen LogP) is 3.43. The SMILES string of the molecule is Cc1ccc(SC(C)C(=O)NCC2COc3ccccc3O2)cc1. The largest absolute Gasteiger partial charge is 0.486 e. The minimum absolute atomic E-state index is 0.00281. The number of amides is 1. The van der Waals surface area contributed by atoms with Crippen molar-refractivity contribution >= 4 is 17.7 Å². The average molecular weight is 343 g/mol. The van der Waals surface area contributed by atoms with Gasteiger partial charge in [-0.15, -0.1) is 11.8 Å². The van der Waals surface area contributed by atoms with Gasteiger partial charge in [-0.25, -0.2) is 0 Å². The molecule has 2 aromatic rings. The second-order valence-corrected chi connectivity index (χ2v) is 7.23. The molecule has 0 saturated carbocycles. The number of carbonyl (C=O) groups excluding carboxylic acids is 1. The molecule has 0 spiro atoms. The van der Waals surface area contributed by atoms with Crippen molar-refractivity contribution in [3.63, 3.8) is 0 Å². The summed E-state index contributed by atoms with van der Waals surface area (Å²) in [5, 5.41) is 2.79. The van der Waals surface area contributed by atoms with Crippen LogP contribution in [0.3, 0.4) is 0 Å². The van der Waals surface area contributed by atoms with Crippen LogP contribution in [0.25, 0.3) is 0 Å². The Morgan fingerprint density at radius 1 is 1.21 bits per heavy atom. The topological polar surface area (TPSA) is 47.6 Å². The number of fused-ring (bicyclic) bond motifs is 1. The highest BCUT2D eigenvalue weighted by molar-refractivity contribution is 8.00. The number of nitrogens with one attached hydrogen (secondary N) is 1. The van der Waals surface area contributed by atoms with Crippen LogP contribution in [0.4, 0.5) is 0 Å². The lowest BCUT2D eigenvalue weighted by Crippen LogP contribution is -2.42. The summed E-state index contributed by atoms with van der Waals surface area (Å²) in [4.78, 5) is 13.4. The number of ether oxygens (including phenoxy) is 2. The van der Waals surface area contributed by atoms with E-state index >= 15 is 0 Å². The summed E-state index contributed by atoms with van der Waals surface area (Å²) < 4.78 is 11.5. The quantitative estimate of drug-likeness (QED) is 0.845. The number of aryl methyl sites for hydroxylation is 1. The standard InChI is InChI=1S/C19H21NO3S/c1-13-7-9-16(10-8-13)24-14(2)19(21)20-11-15-12-22-17-5-3-4-6-18(17)23-15/h3-10,14-15H,11-12H2,1-2H3,(H,20,21). The molecule has 0 aromatic heterocycles. The van der Waals surface area contributed by atoms with Crippen molar-refractivity contribution in [2.45, 2.75) is 30.1 Å². The van der Waals surface area contributed by atoms with E-state index in [2.05, 4.69) is 24.4 Å². The highest BCUT2D eigenvalue weighted by Crippen LogP contribution is 2.30. The zero-order valence-electron chi connectivity index (χ0n) is 13.8. The molecule has 24 heavy (non-hydrogen) atoms. The van der Waals surface area contributed by atoms with Gasteiger partial charge in [0, 0.05) is 4.90 Å². The van der Waals surface area contributed by atoms with Gasteiger partial charge in [0.25, 0.3) is 0 Å². The molecule has 1 N–H and O–H groups in total. The van der Waals surface area contributed by atoms with E-state index < -0.39 is 0 Å². The van der Waals surface area contributed by atoms with Crippen LogP contribution in [0.15, 0.2) is 53.4 Å². The molecule has 4 nitrogen and oxygen atoms in total. The summed E-state index contributed by atoms with van der Waals surface area (Å²) in [6.45, 7) is 4.84. The smallest absolute Gasteiger partial charge is 0.233 e. The number of hydrogen-bond acceptors (Lipinski definition) is 4. The zero-order valence-corrected chi connectivity index (χ0v) is 14.6. The van der Waals surface area contributed by atoms with Crippen LogP contribution in [-0.4, -0.2) is 30.4 Å². The van der Waals surface area contributed by atoms with Gasteiger partial charge >= 0.3 is 0 Å². The van der Waals surface area contributed by atoms with Gasteiger partial charge in [-0.1, -0.05) is 29.8 Å². The Morgan fingerprint density at radius 2 is 1.92 bits per heavy atom. The molecule has 0 aliphatic carbocycles. The molecule has 0 fully saturated rings. The van der Waals surface area contributed by atoms with Crippen molar-refractivity contribution in [2.24, 2.45) is 0 Å². The number of rotatable bonds is 5. The molecule has 1 amide bonds. The van der Waals surface area contributed by atoms with Gasteiger partial charge < -0.3 is 14.8 Å². The summed E-state index contributed by atoms with van der Waals surface area (Å²) in [6, 6.07) is 15.8. The Morgan fingerprint density at radius 3 is 2.67 bits per heavy atom. The van der Waals surface area contributed by atoms with E-state index in [1.165, 1.54) is 5.56 Å². The number of hydrogen-bond donors (Lipinski definition) is 1. The van der Waals surface area contributed by atoms with Crippen molar-refractivity contribution in [1.82, 2.24) is 5.32 Å². The normalized spacial score (nSPS) is 17.2. The molecule has 1 aliphatic rings. The first-order valence-electron chi connectivity index (χ1n) is 8.01. The summed E-state index contributed by atoms with van der Waals surface area (Å²) in [5.74, 6) is 1.48. The van der Waals surface area contributed by atoms with Gasteiger partial charge in [-0.3, -0.25) is 4.79 Å². The number of para-hydroxylation sites is 2. The van der Waals surface area contributed by atoms with Gasteiger partial charge in [0.1, 0.15) is 12.7 Å². The Balaban J connectivity index is 1.48. The molecule has 2 atom stereocenters. The number of carbonyl (C=O) groups is 1. The lowest BCUT2D eigenvalue weighted by molar-refractivity contribution is -0.120. The van der Waals surface area contributed by atoms with E-state index in [0.717, 1.165) is 16.4 Å². The van der Waals surface area contributed by atoms with E-state index in [9.17, 15) is 4.79 Å². The molecule has 2 aromatic carbocycles. The van der Waals surface area contributed by atoms with Gasteiger partial charge in [0.05, 0.1) is 11.8 Å². The molecule has 0 bridgehead atoms. The first kappa shape index (κ1) is 16.7. The van der Waals surface area contributed by atoms with E-state index in [1.54, 1.807) is 11.8 Å². The molecule has 1 heterocycles. The Kier molecular flexibility index (Phi) is 5.30. The Labute approximate surface area is 146 Å². The minimum atomic E-state index is -0.166. The minimum Gasteiger partial charge on any atom is -0.486 e. The lowest BCUT2D eigenvalue weighted by atomic mass is 10.2. The summed E-state index contributed by atoms with van der Waals surface area (Å²) >= 11 is 1.55. The second kappa shape index (κ2) is 7.62. The fourth-order valence-corrected chi connectivity index (χ4v) is 3.29. The van der Waals surface area contributed by atoms with Gasteiger partial charge in [-0.2, -0.15) is 0 Å². The van der Waals surface area contributed by atoms with Gasteiger partial charge in [0.15, 0.2) is 11.5 Å². The van der Waals surface area contributed by atoms with E-state index in [4.69, 9.17) is 9.47 Å². The summed E-state index contributed by atoms with van der Waals surface area (Å²) in [5.41, 5.74) is 1.21. The maximum atomic E-state index is 12.3. The summed E-state index contributed by atoms with van der Waals surface area (Å²) in [7, 11) is 0. The predicted molar refractivity (Wildman–Crippen MR) is 95.9 cm³/mol. The van der Waals surface area contributed by atoms with Crippen LogP contribution < -0.4 is 14.8 Å². The third-order valence-corrected chi connectivity index (χ3v) is 4.89. The van der Waals surface area contributed by atoms with Crippen LogP contribution in [-0.2, 0) is 4.79 Å². The molecule has 0 saturated heterocycles. The second-order valence-electron chi connectivity index (χ2n) is 5.82. The van der Waals surface area contributed by atoms with Crippen molar-refractivity contribution in [3.8, 4) is 11.5 Å². The van der Waals surface area contributed by atoms with Crippen LogP contribution >= 0.6 is 11.8 Å². The first-order valence-corrected chi connectivity index (χ1v) is 8.89. The first-order chi connectivity index (χ1) is 11.6. The lowest BCUT2D eigenvalue weighted by Gasteiger charge is -2.26. The van der Waals surface area contributed by atoms with Crippen LogP contribution in [0, 0.1) is 6.92 Å². The molecule has 5 heteroatoms. The third-order valence-electron chi connectivity index (χ3n) is 3.77. The summed E-state index contributed by atoms with van der Waals surface area (Å²) in [6.07, 6.45) is -0.166. The maximum Gasteiger partial charge on any atom is 0.233 e. The molecular formula is C19H21NO3S. The molecule has 2 unspecified atom stereocenters. The van der Waals surface area contributed by atoms with Crippen LogP contribution in [0.2, 0.25) is 0 Å². The molecule has 1 aliphatic heterocycles. The van der Waals surface area contributed by atoms with Crippen molar-refractivity contribution < 1.29 is 14.3 Å². The monoisotopic (exact) mass is 343 g/mol. The van der Waals surface area contributed by atoms with Crippen molar-refractivity contribution in [1.29, 1.82) is 0 Å². The Hall–Kier alpha value is -2.14. The molecule has 126 valence electrons. The van der Waals surface area contributed by atoms with E-state index in [0.29, 0.717) is 13.2 Å². The van der Waals surface area contributed by atoms with E-state index in [-0.39, 0.29) is 17.3 Å². The third kappa shape index (κ3) is 4.23. The van der Waals surface area contributed by atoms with Crippen molar-refractivity contribution in [3.05, 3.63) is 54.1 Å². The maximum absolute atomic E-state index is 12.3. The Bertz CT molecular complexity index is 702.